The molecule has 1 spiro atoms. The fourth-order valence-electron chi connectivity index (χ4n) is 2.87. The Hall–Kier alpha value is -0.810. The molecule has 2 aliphatic rings. The van der Waals surface area contributed by atoms with Crippen molar-refractivity contribution in [2.75, 3.05) is 26.3 Å². The second kappa shape index (κ2) is 5.29. The maximum Gasteiger partial charge on any atom is 0.410 e. The molecule has 1 N–H and O–H groups in total. The molecule has 0 aromatic rings. The number of ether oxygens (including phenoxy) is 2. The first kappa shape index (κ1) is 14.6. The zero-order valence-electron chi connectivity index (χ0n) is 12.1. The number of rotatable bonds is 0. The average Bonchev–Trinajstić information content (AvgIpc) is 2.27. The Bertz CT molecular complexity index is 329. The summed E-state index contributed by atoms with van der Waals surface area (Å²) in [5, 5.41) is 9.72. The normalized spacial score (nSPS) is 27.4. The van der Waals surface area contributed by atoms with Gasteiger partial charge in [0, 0.05) is 13.1 Å². The average molecular weight is 271 g/mol. The zero-order chi connectivity index (χ0) is 14.1. The van der Waals surface area contributed by atoms with E-state index in [2.05, 4.69) is 0 Å². The molecule has 5 heteroatoms. The molecule has 110 valence electrons. The van der Waals surface area contributed by atoms with Gasteiger partial charge in [-0.15, -0.1) is 0 Å². The molecule has 2 fully saturated rings. The standard InChI is InChI=1S/C14H25NO4/c1-13(2,3)19-12(17)15-6-4-14(5-7-15)8-11(16)9-18-10-14/h11,16H,4-10H2,1-3H3. The van der Waals surface area contributed by atoms with E-state index in [9.17, 15) is 9.90 Å². The Morgan fingerprint density at radius 1 is 1.37 bits per heavy atom. The Balaban J connectivity index is 1.87. The number of piperidine rings is 1. The number of aliphatic hydroxyl groups is 1. The maximum atomic E-state index is 12.0. The highest BCUT2D eigenvalue weighted by Crippen LogP contribution is 2.39. The smallest absolute Gasteiger partial charge is 0.410 e. The largest absolute Gasteiger partial charge is 0.444 e. The Labute approximate surface area is 114 Å². The molecule has 0 bridgehead atoms. The van der Waals surface area contributed by atoms with Crippen molar-refractivity contribution >= 4 is 6.09 Å². The van der Waals surface area contributed by atoms with Crippen LogP contribution in [0.25, 0.3) is 0 Å². The summed E-state index contributed by atoms with van der Waals surface area (Å²) in [4.78, 5) is 13.7. The number of carbonyl (C=O) groups excluding carboxylic acids is 1. The first-order chi connectivity index (χ1) is 8.80. The number of hydrogen-bond acceptors (Lipinski definition) is 4. The second-order valence-electron chi connectivity index (χ2n) is 6.84. The summed E-state index contributed by atoms with van der Waals surface area (Å²) in [6.45, 7) is 8.14. The molecule has 2 heterocycles. The summed E-state index contributed by atoms with van der Waals surface area (Å²) in [7, 11) is 0. The third kappa shape index (κ3) is 3.83. The maximum absolute atomic E-state index is 12.0. The highest BCUT2D eigenvalue weighted by Gasteiger charge is 2.40. The molecular formula is C14H25NO4. The Kier molecular flexibility index (Phi) is 4.06. The van der Waals surface area contributed by atoms with Crippen LogP contribution in [0.3, 0.4) is 0 Å². The van der Waals surface area contributed by atoms with Gasteiger partial charge < -0.3 is 19.5 Å². The summed E-state index contributed by atoms with van der Waals surface area (Å²) in [6, 6.07) is 0. The zero-order valence-corrected chi connectivity index (χ0v) is 12.1. The van der Waals surface area contributed by atoms with E-state index >= 15 is 0 Å². The number of hydrogen-bond donors (Lipinski definition) is 1. The summed E-state index contributed by atoms with van der Waals surface area (Å²) in [5.74, 6) is 0. The molecule has 2 rings (SSSR count). The molecule has 2 aliphatic heterocycles. The van der Waals surface area contributed by atoms with E-state index in [1.807, 2.05) is 20.8 Å². The van der Waals surface area contributed by atoms with E-state index in [-0.39, 0.29) is 17.6 Å². The fraction of sp³-hybridized carbons (Fsp3) is 0.929. The van der Waals surface area contributed by atoms with Gasteiger partial charge in [0.25, 0.3) is 0 Å². The molecule has 0 aromatic carbocycles. The van der Waals surface area contributed by atoms with E-state index < -0.39 is 5.60 Å². The highest BCUT2D eigenvalue weighted by atomic mass is 16.6. The van der Waals surface area contributed by atoms with Crippen molar-refractivity contribution in [3.05, 3.63) is 0 Å². The molecule has 0 radical (unpaired) electrons. The molecule has 0 aromatic heterocycles. The van der Waals surface area contributed by atoms with Crippen molar-refractivity contribution in [1.82, 2.24) is 4.90 Å². The summed E-state index contributed by atoms with van der Waals surface area (Å²) >= 11 is 0. The minimum Gasteiger partial charge on any atom is -0.444 e. The molecule has 1 unspecified atom stereocenters. The van der Waals surface area contributed by atoms with Gasteiger partial charge in [0.15, 0.2) is 0 Å². The van der Waals surface area contributed by atoms with Gasteiger partial charge in [-0.3, -0.25) is 0 Å². The van der Waals surface area contributed by atoms with Gasteiger partial charge in [0.1, 0.15) is 5.60 Å². The molecule has 0 saturated carbocycles. The van der Waals surface area contributed by atoms with Crippen molar-refractivity contribution in [3.8, 4) is 0 Å². The summed E-state index contributed by atoms with van der Waals surface area (Å²) in [5.41, 5.74) is -0.396. The predicted octanol–water partition coefficient (Wildman–Crippen LogP) is 1.78. The van der Waals surface area contributed by atoms with Crippen LogP contribution in [0.1, 0.15) is 40.0 Å². The van der Waals surface area contributed by atoms with E-state index in [4.69, 9.17) is 9.47 Å². The third-order valence-corrected chi connectivity index (χ3v) is 3.86. The van der Waals surface area contributed by atoms with Crippen LogP contribution in [-0.2, 0) is 9.47 Å². The highest BCUT2D eigenvalue weighted by molar-refractivity contribution is 5.68. The van der Waals surface area contributed by atoms with Crippen LogP contribution in [0, 0.1) is 5.41 Å². The fourth-order valence-corrected chi connectivity index (χ4v) is 2.87. The van der Waals surface area contributed by atoms with Crippen LogP contribution in [0.5, 0.6) is 0 Å². The molecule has 0 aliphatic carbocycles. The number of nitrogens with zero attached hydrogens (tertiary/aromatic N) is 1. The van der Waals surface area contributed by atoms with Crippen LogP contribution in [0.15, 0.2) is 0 Å². The lowest BCUT2D eigenvalue weighted by atomic mass is 9.74. The van der Waals surface area contributed by atoms with Gasteiger partial charge in [-0.2, -0.15) is 0 Å². The molecule has 1 amide bonds. The molecule has 1 atom stereocenters. The van der Waals surface area contributed by atoms with Crippen LogP contribution < -0.4 is 0 Å². The lowest BCUT2D eigenvalue weighted by molar-refractivity contribution is -0.101. The quantitative estimate of drug-likeness (QED) is 0.729. The molecule has 2 saturated heterocycles. The summed E-state index contributed by atoms with van der Waals surface area (Å²) < 4.78 is 10.8. The third-order valence-electron chi connectivity index (χ3n) is 3.86. The van der Waals surface area contributed by atoms with Gasteiger partial charge in [-0.05, 0) is 45.4 Å². The van der Waals surface area contributed by atoms with Gasteiger partial charge in [-0.1, -0.05) is 0 Å². The second-order valence-corrected chi connectivity index (χ2v) is 6.84. The lowest BCUT2D eigenvalue weighted by Gasteiger charge is -2.45. The molecular weight excluding hydrogens is 246 g/mol. The number of aliphatic hydroxyl groups excluding tert-OH is 1. The molecule has 19 heavy (non-hydrogen) atoms. The van der Waals surface area contributed by atoms with E-state index in [1.165, 1.54) is 0 Å². The monoisotopic (exact) mass is 271 g/mol. The van der Waals surface area contributed by atoms with E-state index in [0.717, 1.165) is 19.3 Å². The van der Waals surface area contributed by atoms with Gasteiger partial charge in [0.2, 0.25) is 0 Å². The minimum absolute atomic E-state index is 0.0518. The lowest BCUT2D eigenvalue weighted by Crippen LogP contribution is -2.49. The van der Waals surface area contributed by atoms with Gasteiger partial charge in [0.05, 0.1) is 19.3 Å². The van der Waals surface area contributed by atoms with Crippen LogP contribution in [0.4, 0.5) is 4.79 Å². The van der Waals surface area contributed by atoms with Crippen molar-refractivity contribution in [1.29, 1.82) is 0 Å². The van der Waals surface area contributed by atoms with Crippen molar-refractivity contribution in [2.24, 2.45) is 5.41 Å². The minimum atomic E-state index is -0.448. The van der Waals surface area contributed by atoms with E-state index in [0.29, 0.717) is 26.3 Å². The Morgan fingerprint density at radius 2 is 2.00 bits per heavy atom. The number of carbonyl (C=O) groups is 1. The van der Waals surface area contributed by atoms with Gasteiger partial charge in [-0.25, -0.2) is 4.79 Å². The van der Waals surface area contributed by atoms with Crippen molar-refractivity contribution in [2.45, 2.75) is 51.7 Å². The molecule has 5 nitrogen and oxygen atoms in total. The predicted molar refractivity (Wildman–Crippen MR) is 70.9 cm³/mol. The summed E-state index contributed by atoms with van der Waals surface area (Å²) in [6.07, 6.45) is 1.95. The van der Waals surface area contributed by atoms with Crippen molar-refractivity contribution < 1.29 is 19.4 Å². The first-order valence-corrected chi connectivity index (χ1v) is 7.03. The van der Waals surface area contributed by atoms with Crippen LogP contribution in [-0.4, -0.2) is 54.1 Å². The first-order valence-electron chi connectivity index (χ1n) is 7.03. The van der Waals surface area contributed by atoms with Crippen molar-refractivity contribution in [3.63, 3.8) is 0 Å². The topological polar surface area (TPSA) is 59.0 Å². The number of amides is 1. The van der Waals surface area contributed by atoms with Crippen LogP contribution >= 0.6 is 0 Å². The Morgan fingerprint density at radius 3 is 2.53 bits per heavy atom. The van der Waals surface area contributed by atoms with Crippen LogP contribution in [0.2, 0.25) is 0 Å². The number of likely N-dealkylation sites (tertiary alicyclic amines) is 1. The SMILES string of the molecule is CC(C)(C)OC(=O)N1CCC2(CC1)COCC(O)C2. The van der Waals surface area contributed by atoms with Gasteiger partial charge >= 0.3 is 6.09 Å². The van der Waals surface area contributed by atoms with E-state index in [1.54, 1.807) is 4.90 Å².